The number of aromatic nitrogens is 3. The molecule has 1 aromatic carbocycles. The first-order chi connectivity index (χ1) is 16.5. The van der Waals surface area contributed by atoms with Gasteiger partial charge in [-0.2, -0.15) is 0 Å². The third-order valence-electron chi connectivity index (χ3n) is 6.95. The maximum Gasteiger partial charge on any atom is 0.284 e. The summed E-state index contributed by atoms with van der Waals surface area (Å²) < 4.78 is 7.19. The molecule has 1 amide bonds. The minimum atomic E-state index is -0.609. The highest BCUT2D eigenvalue weighted by Gasteiger charge is 2.43. The first-order valence-electron chi connectivity index (χ1n) is 11.6. The second-order valence-corrected chi connectivity index (χ2v) is 9.34. The molecular formula is C25H27N7O2. The second-order valence-electron chi connectivity index (χ2n) is 9.34. The Morgan fingerprint density at radius 1 is 1.21 bits per heavy atom. The number of primary amides is 1. The van der Waals surface area contributed by atoms with Gasteiger partial charge in [0.1, 0.15) is 6.26 Å². The molecule has 9 heteroatoms. The topological polar surface area (TPSA) is 105 Å². The average molecular weight is 458 g/mol. The third kappa shape index (κ3) is 3.40. The average Bonchev–Trinajstić information content (AvgIpc) is 3.62. The van der Waals surface area contributed by atoms with Crippen molar-refractivity contribution < 1.29 is 9.21 Å². The Morgan fingerprint density at radius 2 is 2.09 bits per heavy atom. The van der Waals surface area contributed by atoms with E-state index in [2.05, 4.69) is 57.1 Å². The van der Waals surface area contributed by atoms with Crippen LogP contribution in [-0.4, -0.2) is 56.4 Å². The summed E-state index contributed by atoms with van der Waals surface area (Å²) in [7, 11) is 0. The fraction of sp³-hybridized carbons (Fsp3) is 0.320. The number of hydrogen-bond donors (Lipinski definition) is 2. The van der Waals surface area contributed by atoms with Crippen LogP contribution in [-0.2, 0) is 0 Å². The Labute approximate surface area is 197 Å². The number of benzene rings is 1. The number of rotatable bonds is 6. The minimum absolute atomic E-state index is 0.106. The van der Waals surface area contributed by atoms with Crippen LogP contribution < -0.4 is 16.0 Å². The molecule has 2 aliphatic heterocycles. The van der Waals surface area contributed by atoms with Crippen LogP contribution in [0.4, 0.5) is 17.2 Å². The molecule has 2 saturated heterocycles. The van der Waals surface area contributed by atoms with Crippen LogP contribution in [0.2, 0.25) is 0 Å². The van der Waals surface area contributed by atoms with Crippen LogP contribution in [0.3, 0.4) is 0 Å². The van der Waals surface area contributed by atoms with Gasteiger partial charge in [-0.05, 0) is 44.5 Å². The lowest BCUT2D eigenvalue weighted by Crippen LogP contribution is -2.48. The summed E-state index contributed by atoms with van der Waals surface area (Å²) in [4.78, 5) is 25.7. The number of nitrogens with one attached hydrogen (secondary N) is 1. The molecule has 2 atom stereocenters. The van der Waals surface area contributed by atoms with Crippen molar-refractivity contribution in [3.63, 3.8) is 0 Å². The summed E-state index contributed by atoms with van der Waals surface area (Å²) in [5, 5.41) is 3.44. The van der Waals surface area contributed by atoms with Gasteiger partial charge in [0.2, 0.25) is 0 Å². The van der Waals surface area contributed by atoms with E-state index in [1.54, 1.807) is 18.5 Å². The summed E-state index contributed by atoms with van der Waals surface area (Å²) in [6, 6.07) is 11.9. The molecule has 0 saturated carbocycles. The predicted octanol–water partition coefficient (Wildman–Crippen LogP) is 3.50. The van der Waals surface area contributed by atoms with Crippen LogP contribution in [0.15, 0.2) is 59.6 Å². The van der Waals surface area contributed by atoms with Crippen molar-refractivity contribution in [2.24, 2.45) is 5.73 Å². The number of imidazole rings is 1. The molecule has 0 radical (unpaired) electrons. The summed E-state index contributed by atoms with van der Waals surface area (Å²) >= 11 is 0. The zero-order valence-electron chi connectivity index (χ0n) is 19.2. The number of fused-ring (bicyclic) bond motifs is 3. The third-order valence-corrected chi connectivity index (χ3v) is 6.95. The Kier molecular flexibility index (Phi) is 4.80. The standard InChI is InChI=1S/C25H27N7O2/c1-15(2)31-12-20-10-19(31)13-32(20)18-5-3-4-17(9-18)29-24-25-27-6-7-30(25)21(11-28-24)16-8-22(23(26)33)34-14-16/h3-9,11,14-15,19-20H,10,12-13H2,1-2H3,(H2,26,33)(H,28,29)/t19-,20-/m0/s1. The molecule has 2 aliphatic rings. The van der Waals surface area contributed by atoms with Crippen molar-refractivity contribution in [3.05, 3.63) is 60.9 Å². The maximum atomic E-state index is 11.4. The van der Waals surface area contributed by atoms with E-state index in [0.717, 1.165) is 24.5 Å². The molecule has 6 rings (SSSR count). The SMILES string of the molecule is CC(C)N1C[C@@H]2C[C@H]1CN2c1cccc(Nc2ncc(-c3coc(C(N)=O)c3)n3ccnc23)c1. The Hall–Kier alpha value is -3.85. The quantitative estimate of drug-likeness (QED) is 0.457. The lowest BCUT2D eigenvalue weighted by atomic mass is 10.2. The number of piperazine rings is 1. The molecule has 3 aromatic heterocycles. The molecule has 2 fully saturated rings. The highest BCUT2D eigenvalue weighted by atomic mass is 16.3. The zero-order chi connectivity index (χ0) is 23.4. The molecule has 9 nitrogen and oxygen atoms in total. The summed E-state index contributed by atoms with van der Waals surface area (Å²) in [6.45, 7) is 6.77. The first kappa shape index (κ1) is 20.7. The van der Waals surface area contributed by atoms with Gasteiger partial charge in [0.15, 0.2) is 17.2 Å². The second kappa shape index (κ2) is 7.88. The van der Waals surface area contributed by atoms with E-state index in [0.29, 0.717) is 35.2 Å². The molecule has 34 heavy (non-hydrogen) atoms. The van der Waals surface area contributed by atoms with Crippen LogP contribution in [0, 0.1) is 0 Å². The summed E-state index contributed by atoms with van der Waals surface area (Å²) in [6.07, 6.45) is 8.04. The van der Waals surface area contributed by atoms with Crippen LogP contribution in [0.25, 0.3) is 16.9 Å². The van der Waals surface area contributed by atoms with Crippen molar-refractivity contribution >= 4 is 28.7 Å². The maximum absolute atomic E-state index is 11.4. The molecule has 2 bridgehead atoms. The summed E-state index contributed by atoms with van der Waals surface area (Å²) in [5.74, 6) is 0.148. The number of nitrogens with zero attached hydrogens (tertiary/aromatic N) is 5. The van der Waals surface area contributed by atoms with Gasteiger partial charge in [-0.3, -0.25) is 14.1 Å². The number of hydrogen-bond acceptors (Lipinski definition) is 7. The largest absolute Gasteiger partial charge is 0.458 e. The monoisotopic (exact) mass is 457 g/mol. The number of amides is 1. The van der Waals surface area contributed by atoms with Gasteiger partial charge in [0.05, 0.1) is 11.9 Å². The van der Waals surface area contributed by atoms with Crippen LogP contribution in [0.1, 0.15) is 30.8 Å². The number of carbonyl (C=O) groups excluding carboxylic acids is 1. The molecular weight excluding hydrogens is 430 g/mol. The fourth-order valence-corrected chi connectivity index (χ4v) is 5.37. The van der Waals surface area contributed by atoms with Gasteiger partial charge in [0, 0.05) is 60.5 Å². The minimum Gasteiger partial charge on any atom is -0.458 e. The van der Waals surface area contributed by atoms with Gasteiger partial charge in [0.25, 0.3) is 5.91 Å². The first-order valence-corrected chi connectivity index (χ1v) is 11.6. The van der Waals surface area contributed by atoms with E-state index < -0.39 is 5.91 Å². The van der Waals surface area contributed by atoms with Crippen molar-refractivity contribution in [1.29, 1.82) is 0 Å². The van der Waals surface area contributed by atoms with Gasteiger partial charge < -0.3 is 20.4 Å². The number of anilines is 3. The number of carbonyl (C=O) groups is 1. The van der Waals surface area contributed by atoms with Crippen molar-refractivity contribution in [3.8, 4) is 11.3 Å². The normalized spacial score (nSPS) is 20.0. The van der Waals surface area contributed by atoms with E-state index in [1.807, 2.05) is 16.7 Å². The van der Waals surface area contributed by atoms with Gasteiger partial charge >= 0.3 is 0 Å². The molecule has 4 aromatic rings. The number of nitrogens with two attached hydrogens (primary N) is 1. The van der Waals surface area contributed by atoms with Crippen molar-refractivity contribution in [2.45, 2.75) is 38.4 Å². The van der Waals surface area contributed by atoms with E-state index in [9.17, 15) is 4.79 Å². The molecule has 174 valence electrons. The Morgan fingerprint density at radius 3 is 2.82 bits per heavy atom. The van der Waals surface area contributed by atoms with Gasteiger partial charge in [-0.1, -0.05) is 6.07 Å². The fourth-order valence-electron chi connectivity index (χ4n) is 5.37. The Balaban J connectivity index is 1.26. The van der Waals surface area contributed by atoms with Crippen LogP contribution in [0.5, 0.6) is 0 Å². The molecule has 3 N–H and O–H groups in total. The Bertz CT molecular complexity index is 1370. The van der Waals surface area contributed by atoms with E-state index >= 15 is 0 Å². The molecule has 5 heterocycles. The number of furan rings is 1. The van der Waals surface area contributed by atoms with Crippen molar-refractivity contribution in [2.75, 3.05) is 23.3 Å². The highest BCUT2D eigenvalue weighted by molar-refractivity contribution is 5.91. The van der Waals surface area contributed by atoms with Crippen molar-refractivity contribution in [1.82, 2.24) is 19.3 Å². The molecule has 0 unspecified atom stereocenters. The van der Waals surface area contributed by atoms with Gasteiger partial charge in [-0.15, -0.1) is 0 Å². The smallest absolute Gasteiger partial charge is 0.284 e. The lowest BCUT2D eigenvalue weighted by molar-refractivity contribution is 0.0974. The zero-order valence-corrected chi connectivity index (χ0v) is 19.2. The van der Waals surface area contributed by atoms with E-state index in [1.165, 1.54) is 18.4 Å². The molecule has 0 spiro atoms. The summed E-state index contributed by atoms with van der Waals surface area (Å²) in [5.41, 5.74) is 9.66. The van der Waals surface area contributed by atoms with E-state index in [4.69, 9.17) is 10.2 Å². The molecule has 0 aliphatic carbocycles. The van der Waals surface area contributed by atoms with Crippen LogP contribution >= 0.6 is 0 Å². The highest BCUT2D eigenvalue weighted by Crippen LogP contribution is 2.37. The van der Waals surface area contributed by atoms with Gasteiger partial charge in [-0.25, -0.2) is 9.97 Å². The predicted molar refractivity (Wildman–Crippen MR) is 130 cm³/mol. The number of likely N-dealkylation sites (tertiary alicyclic amines) is 1. The van der Waals surface area contributed by atoms with E-state index in [-0.39, 0.29) is 5.76 Å². The lowest BCUT2D eigenvalue weighted by Gasteiger charge is -2.37.